The van der Waals surface area contributed by atoms with Crippen LogP contribution in [0.25, 0.3) is 0 Å². The lowest BCUT2D eigenvalue weighted by Crippen LogP contribution is -2.48. The molecule has 1 fully saturated rings. The van der Waals surface area contributed by atoms with Crippen molar-refractivity contribution in [2.45, 2.75) is 49.6 Å². The third-order valence-electron chi connectivity index (χ3n) is 7.11. The van der Waals surface area contributed by atoms with E-state index >= 15 is 0 Å². The van der Waals surface area contributed by atoms with Crippen molar-refractivity contribution in [3.8, 4) is 0 Å². The van der Waals surface area contributed by atoms with Crippen LogP contribution in [0.4, 0.5) is 4.79 Å². The van der Waals surface area contributed by atoms with Gasteiger partial charge in [-0.05, 0) is 49.4 Å². The molecule has 9 nitrogen and oxygen atoms in total. The molecule has 0 bridgehead atoms. The van der Waals surface area contributed by atoms with Gasteiger partial charge < -0.3 is 24.6 Å². The van der Waals surface area contributed by atoms with Crippen molar-refractivity contribution in [2.24, 2.45) is 0 Å². The molecule has 1 aliphatic heterocycles. The smallest absolute Gasteiger partial charge is 0.407 e. The highest BCUT2D eigenvalue weighted by Gasteiger charge is 2.27. The fourth-order valence-electron chi connectivity index (χ4n) is 4.94. The van der Waals surface area contributed by atoms with Gasteiger partial charge in [-0.2, -0.15) is 0 Å². The zero-order valence-electron chi connectivity index (χ0n) is 23.2. The van der Waals surface area contributed by atoms with E-state index in [0.29, 0.717) is 13.2 Å². The molecule has 1 saturated heterocycles. The van der Waals surface area contributed by atoms with Crippen LogP contribution >= 0.6 is 0 Å². The summed E-state index contributed by atoms with van der Waals surface area (Å²) in [5, 5.41) is 2.99. The Hall–Kier alpha value is -2.95. The van der Waals surface area contributed by atoms with Crippen LogP contribution in [0.2, 0.25) is 0 Å². The number of nitrogens with one attached hydrogen (secondary N) is 1. The van der Waals surface area contributed by atoms with Crippen molar-refractivity contribution in [2.75, 3.05) is 52.8 Å². The summed E-state index contributed by atoms with van der Waals surface area (Å²) in [7, 11) is -1.70. The number of rotatable bonds is 13. The van der Waals surface area contributed by atoms with Gasteiger partial charge in [0.25, 0.3) is 0 Å². The van der Waals surface area contributed by atoms with E-state index < -0.39 is 15.9 Å². The van der Waals surface area contributed by atoms with Crippen molar-refractivity contribution in [1.82, 2.24) is 15.1 Å². The predicted molar refractivity (Wildman–Crippen MR) is 150 cm³/mol. The lowest BCUT2D eigenvalue weighted by Gasteiger charge is -2.38. The van der Waals surface area contributed by atoms with Gasteiger partial charge in [0.15, 0.2) is 9.84 Å². The lowest BCUT2D eigenvalue weighted by molar-refractivity contribution is -0.133. The largest absolute Gasteiger partial charge is 0.447 e. The minimum atomic E-state index is -3.26. The Morgan fingerprint density at radius 2 is 1.72 bits per heavy atom. The first-order chi connectivity index (χ1) is 18.7. The highest BCUT2D eigenvalue weighted by Crippen LogP contribution is 2.22. The highest BCUT2D eigenvalue weighted by molar-refractivity contribution is 7.90. The molecule has 1 aliphatic rings. The molecule has 0 unspecified atom stereocenters. The summed E-state index contributed by atoms with van der Waals surface area (Å²) in [5.41, 5.74) is 1.84. The number of piperidine rings is 1. The molecule has 214 valence electrons. The number of benzene rings is 2. The summed E-state index contributed by atoms with van der Waals surface area (Å²) < 4.78 is 33.6. The molecule has 10 heteroatoms. The van der Waals surface area contributed by atoms with Gasteiger partial charge in [0.05, 0.1) is 24.0 Å². The standard InChI is InChI=1S/C29H41N3O6S/c1-4-32(28(33)22-23-10-12-26(13-11-23)39(3,35)36)25-14-17-31(18-15-25)19-16-27(24-8-6-5-7-9-24)30-29(34)38-21-20-37-2/h5-13,25,27H,4,14-22H2,1-3H3,(H,30,34)/t27-/m0/s1. The molecule has 1 N–H and O–H groups in total. The van der Waals surface area contributed by atoms with Crippen molar-refractivity contribution < 1.29 is 27.5 Å². The molecule has 0 aliphatic carbocycles. The second-order valence-corrected chi connectivity index (χ2v) is 11.9. The Morgan fingerprint density at radius 3 is 2.31 bits per heavy atom. The van der Waals surface area contributed by atoms with Gasteiger partial charge in [-0.1, -0.05) is 42.5 Å². The van der Waals surface area contributed by atoms with Crippen LogP contribution in [0.1, 0.15) is 43.4 Å². The Morgan fingerprint density at radius 1 is 1.05 bits per heavy atom. The summed E-state index contributed by atoms with van der Waals surface area (Å²) in [5.74, 6) is 0.0587. The van der Waals surface area contributed by atoms with Gasteiger partial charge in [0, 0.05) is 45.6 Å². The third-order valence-corrected chi connectivity index (χ3v) is 8.24. The van der Waals surface area contributed by atoms with E-state index in [-0.39, 0.29) is 35.9 Å². The maximum absolute atomic E-state index is 13.1. The molecule has 0 aromatic heterocycles. The van der Waals surface area contributed by atoms with Gasteiger partial charge in [-0.3, -0.25) is 4.79 Å². The van der Waals surface area contributed by atoms with E-state index in [4.69, 9.17) is 9.47 Å². The second-order valence-electron chi connectivity index (χ2n) is 9.87. The predicted octanol–water partition coefficient (Wildman–Crippen LogP) is 3.45. The quantitative estimate of drug-likeness (QED) is 0.375. The number of hydrogen-bond donors (Lipinski definition) is 1. The van der Waals surface area contributed by atoms with E-state index in [1.165, 1.54) is 6.26 Å². The molecule has 2 aromatic rings. The van der Waals surface area contributed by atoms with Crippen LogP contribution in [0.5, 0.6) is 0 Å². The number of methoxy groups -OCH3 is 1. The monoisotopic (exact) mass is 559 g/mol. The minimum Gasteiger partial charge on any atom is -0.447 e. The minimum absolute atomic E-state index is 0.0587. The summed E-state index contributed by atoms with van der Waals surface area (Å²) >= 11 is 0. The summed E-state index contributed by atoms with van der Waals surface area (Å²) in [4.78, 5) is 30.0. The van der Waals surface area contributed by atoms with E-state index in [1.807, 2.05) is 42.2 Å². The van der Waals surface area contributed by atoms with Crippen molar-refractivity contribution in [3.05, 3.63) is 65.7 Å². The van der Waals surface area contributed by atoms with E-state index in [1.54, 1.807) is 31.4 Å². The number of hydrogen-bond acceptors (Lipinski definition) is 7. The topological polar surface area (TPSA) is 105 Å². The van der Waals surface area contributed by atoms with Crippen LogP contribution in [0.3, 0.4) is 0 Å². The first-order valence-electron chi connectivity index (χ1n) is 13.5. The molecule has 39 heavy (non-hydrogen) atoms. The van der Waals surface area contributed by atoms with Gasteiger partial charge in [-0.15, -0.1) is 0 Å². The van der Waals surface area contributed by atoms with Gasteiger partial charge in [0.1, 0.15) is 6.61 Å². The van der Waals surface area contributed by atoms with E-state index in [2.05, 4.69) is 10.2 Å². The van der Waals surface area contributed by atoms with Gasteiger partial charge in [0.2, 0.25) is 5.91 Å². The molecular formula is C29H41N3O6S. The van der Waals surface area contributed by atoms with E-state index in [0.717, 1.165) is 50.0 Å². The number of likely N-dealkylation sites (tertiary alicyclic amines) is 1. The molecule has 0 radical (unpaired) electrons. The van der Waals surface area contributed by atoms with Crippen LogP contribution in [0.15, 0.2) is 59.5 Å². The number of carbonyl (C=O) groups is 2. The summed E-state index contributed by atoms with van der Waals surface area (Å²) in [6.45, 7) is 5.75. The third kappa shape index (κ3) is 9.63. The van der Waals surface area contributed by atoms with Gasteiger partial charge >= 0.3 is 6.09 Å². The highest BCUT2D eigenvalue weighted by atomic mass is 32.2. The Balaban J connectivity index is 1.51. The van der Waals surface area contributed by atoms with Crippen LogP contribution < -0.4 is 5.32 Å². The Kier molecular flexibility index (Phi) is 11.8. The molecule has 2 amide bonds. The number of carbonyl (C=O) groups excluding carboxylic acids is 2. The molecule has 3 rings (SSSR count). The van der Waals surface area contributed by atoms with Gasteiger partial charge in [-0.25, -0.2) is 13.2 Å². The maximum Gasteiger partial charge on any atom is 0.407 e. The van der Waals surface area contributed by atoms with Crippen LogP contribution in [-0.4, -0.2) is 89.0 Å². The molecule has 0 saturated carbocycles. The normalized spacial score (nSPS) is 15.5. The molecular weight excluding hydrogens is 518 g/mol. The molecule has 2 aromatic carbocycles. The number of alkyl carbamates (subject to hydrolysis) is 1. The molecule has 1 heterocycles. The number of nitrogens with zero attached hydrogens (tertiary/aromatic N) is 2. The number of ether oxygens (including phenoxy) is 2. The average molecular weight is 560 g/mol. The summed E-state index contributed by atoms with van der Waals surface area (Å²) in [6.07, 6.45) is 3.48. The van der Waals surface area contributed by atoms with E-state index in [9.17, 15) is 18.0 Å². The van der Waals surface area contributed by atoms with Crippen LogP contribution in [0, 0.1) is 0 Å². The zero-order valence-corrected chi connectivity index (χ0v) is 24.0. The maximum atomic E-state index is 13.1. The number of likely N-dealkylation sites (N-methyl/N-ethyl adjacent to an activating group) is 1. The summed E-state index contributed by atoms with van der Waals surface area (Å²) in [6, 6.07) is 16.4. The Bertz CT molecular complexity index is 1150. The number of sulfone groups is 1. The number of amides is 2. The van der Waals surface area contributed by atoms with Crippen molar-refractivity contribution in [3.63, 3.8) is 0 Å². The molecule has 1 atom stereocenters. The fraction of sp³-hybridized carbons (Fsp3) is 0.517. The van der Waals surface area contributed by atoms with Crippen molar-refractivity contribution >= 4 is 21.8 Å². The first kappa shape index (κ1) is 30.6. The lowest BCUT2D eigenvalue weighted by atomic mass is 10.00. The second kappa shape index (κ2) is 15.0. The average Bonchev–Trinajstić information content (AvgIpc) is 2.92. The zero-order chi connectivity index (χ0) is 28.3. The Labute approximate surface area is 232 Å². The fourth-order valence-corrected chi connectivity index (χ4v) is 5.57. The SMILES string of the molecule is CCN(C(=O)Cc1ccc(S(C)(=O)=O)cc1)C1CCN(CC[C@H](NC(=O)OCCOC)c2ccccc2)CC1. The first-order valence-corrected chi connectivity index (χ1v) is 15.4. The molecule has 0 spiro atoms. The van der Waals surface area contributed by atoms with Crippen molar-refractivity contribution in [1.29, 1.82) is 0 Å². The van der Waals surface area contributed by atoms with Crippen LogP contribution in [-0.2, 0) is 30.5 Å².